The maximum absolute atomic E-state index is 11.3. The lowest BCUT2D eigenvalue weighted by Gasteiger charge is -2.03. The summed E-state index contributed by atoms with van der Waals surface area (Å²) in [5, 5.41) is 13.3. The first-order valence-corrected chi connectivity index (χ1v) is 5.77. The molecule has 1 saturated carbocycles. The minimum Gasteiger partial charge on any atom is -0.406 e. The van der Waals surface area contributed by atoms with E-state index in [0.717, 1.165) is 12.8 Å². The van der Waals surface area contributed by atoms with Crippen molar-refractivity contribution in [2.45, 2.75) is 25.8 Å². The molecule has 0 spiro atoms. The van der Waals surface area contributed by atoms with E-state index >= 15 is 0 Å². The average Bonchev–Trinajstić information content (AvgIpc) is 3.03. The summed E-state index contributed by atoms with van der Waals surface area (Å²) < 4.78 is 5.24. The predicted molar refractivity (Wildman–Crippen MR) is 61.1 cm³/mol. The molecule has 0 saturated heterocycles. The Morgan fingerprint density at radius 2 is 2.29 bits per heavy atom. The van der Waals surface area contributed by atoms with Gasteiger partial charge in [-0.3, -0.25) is 4.79 Å². The van der Waals surface area contributed by atoms with Crippen LogP contribution in [0.4, 0.5) is 6.01 Å². The standard InChI is InChI=1S/C10H17N5O2/c1-6(11)9-14-15-10(17-9)13-5-4-12-8(16)7-2-3-7/h6-7H,2-5,11H2,1H3,(H,12,16)(H,13,15). The number of hydrogen-bond acceptors (Lipinski definition) is 6. The first kappa shape index (κ1) is 11.8. The van der Waals surface area contributed by atoms with Gasteiger partial charge in [-0.25, -0.2) is 0 Å². The van der Waals surface area contributed by atoms with Crippen LogP contribution in [0.1, 0.15) is 31.7 Å². The van der Waals surface area contributed by atoms with E-state index in [1.807, 2.05) is 0 Å². The highest BCUT2D eigenvalue weighted by Gasteiger charge is 2.28. The summed E-state index contributed by atoms with van der Waals surface area (Å²) in [5.74, 6) is 0.770. The summed E-state index contributed by atoms with van der Waals surface area (Å²) in [4.78, 5) is 11.3. The molecule has 4 N–H and O–H groups in total. The molecule has 1 aromatic heterocycles. The molecule has 7 nitrogen and oxygen atoms in total. The van der Waals surface area contributed by atoms with Crippen LogP contribution in [0.5, 0.6) is 0 Å². The minimum atomic E-state index is -0.271. The van der Waals surface area contributed by atoms with Gasteiger partial charge in [0.05, 0.1) is 6.04 Å². The summed E-state index contributed by atoms with van der Waals surface area (Å²) in [6.45, 7) is 2.87. The van der Waals surface area contributed by atoms with Crippen molar-refractivity contribution in [1.29, 1.82) is 0 Å². The number of nitrogens with one attached hydrogen (secondary N) is 2. The zero-order valence-corrected chi connectivity index (χ0v) is 9.77. The van der Waals surface area contributed by atoms with Crippen LogP contribution < -0.4 is 16.4 Å². The third-order valence-electron chi connectivity index (χ3n) is 2.48. The minimum absolute atomic E-state index is 0.133. The second-order valence-corrected chi connectivity index (χ2v) is 4.23. The topological polar surface area (TPSA) is 106 Å². The molecule has 1 fully saturated rings. The maximum Gasteiger partial charge on any atom is 0.315 e. The van der Waals surface area contributed by atoms with Crippen LogP contribution in [0, 0.1) is 5.92 Å². The number of nitrogens with two attached hydrogens (primary N) is 1. The number of amides is 1. The Hall–Kier alpha value is -1.63. The van der Waals surface area contributed by atoms with Gasteiger partial charge in [-0.1, -0.05) is 5.10 Å². The summed E-state index contributed by atoms with van der Waals surface area (Å²) >= 11 is 0. The summed E-state index contributed by atoms with van der Waals surface area (Å²) in [5.41, 5.74) is 5.58. The van der Waals surface area contributed by atoms with Crippen LogP contribution in [-0.2, 0) is 4.79 Å². The molecule has 17 heavy (non-hydrogen) atoms. The first-order valence-electron chi connectivity index (χ1n) is 5.77. The van der Waals surface area contributed by atoms with Gasteiger partial charge >= 0.3 is 6.01 Å². The van der Waals surface area contributed by atoms with Crippen molar-refractivity contribution in [2.75, 3.05) is 18.4 Å². The molecule has 2 rings (SSSR count). The van der Waals surface area contributed by atoms with Crippen molar-refractivity contribution in [3.8, 4) is 0 Å². The second-order valence-electron chi connectivity index (χ2n) is 4.23. The molecule has 1 aliphatic rings. The number of anilines is 1. The van der Waals surface area contributed by atoms with E-state index in [9.17, 15) is 4.79 Å². The van der Waals surface area contributed by atoms with Crippen molar-refractivity contribution in [2.24, 2.45) is 11.7 Å². The number of hydrogen-bond donors (Lipinski definition) is 3. The normalized spacial score (nSPS) is 16.6. The van der Waals surface area contributed by atoms with Crippen LogP contribution in [0.15, 0.2) is 4.42 Å². The van der Waals surface area contributed by atoms with Gasteiger partial charge in [0.1, 0.15) is 0 Å². The van der Waals surface area contributed by atoms with Crippen molar-refractivity contribution in [3.63, 3.8) is 0 Å². The summed E-state index contributed by atoms with van der Waals surface area (Å²) in [6.07, 6.45) is 2.03. The molecule has 1 heterocycles. The fourth-order valence-corrected chi connectivity index (χ4v) is 1.34. The Morgan fingerprint density at radius 1 is 1.53 bits per heavy atom. The van der Waals surface area contributed by atoms with Gasteiger partial charge in [0, 0.05) is 19.0 Å². The van der Waals surface area contributed by atoms with E-state index in [4.69, 9.17) is 10.2 Å². The van der Waals surface area contributed by atoms with Gasteiger partial charge in [0.2, 0.25) is 11.8 Å². The largest absolute Gasteiger partial charge is 0.406 e. The third-order valence-corrected chi connectivity index (χ3v) is 2.48. The molecule has 1 amide bonds. The van der Waals surface area contributed by atoms with Gasteiger partial charge in [0.15, 0.2) is 0 Å². The van der Waals surface area contributed by atoms with Crippen LogP contribution >= 0.6 is 0 Å². The van der Waals surface area contributed by atoms with E-state index in [2.05, 4.69) is 20.8 Å². The number of aromatic nitrogens is 2. The maximum atomic E-state index is 11.3. The highest BCUT2D eigenvalue weighted by Crippen LogP contribution is 2.28. The SMILES string of the molecule is CC(N)c1nnc(NCCNC(=O)C2CC2)o1. The zero-order chi connectivity index (χ0) is 12.3. The summed E-state index contributed by atoms with van der Waals surface area (Å²) in [6, 6.07) is 0.0607. The lowest BCUT2D eigenvalue weighted by molar-refractivity contribution is -0.122. The Balaban J connectivity index is 1.65. The van der Waals surface area contributed by atoms with Crippen LogP contribution in [-0.4, -0.2) is 29.2 Å². The van der Waals surface area contributed by atoms with Crippen LogP contribution in [0.25, 0.3) is 0 Å². The Bertz CT molecular complexity index is 386. The van der Waals surface area contributed by atoms with Gasteiger partial charge < -0.3 is 20.8 Å². The van der Waals surface area contributed by atoms with E-state index in [1.165, 1.54) is 0 Å². The molecule has 94 valence electrons. The van der Waals surface area contributed by atoms with Crippen molar-refractivity contribution < 1.29 is 9.21 Å². The lowest BCUT2D eigenvalue weighted by atomic mass is 10.4. The van der Waals surface area contributed by atoms with Crippen LogP contribution in [0.3, 0.4) is 0 Å². The molecule has 0 radical (unpaired) electrons. The molecular weight excluding hydrogens is 222 g/mol. The first-order chi connectivity index (χ1) is 8.16. The second kappa shape index (κ2) is 5.13. The summed E-state index contributed by atoms with van der Waals surface area (Å²) in [7, 11) is 0. The Labute approximate surface area is 99.1 Å². The van der Waals surface area contributed by atoms with E-state index in [0.29, 0.717) is 25.0 Å². The highest BCUT2D eigenvalue weighted by atomic mass is 16.4. The van der Waals surface area contributed by atoms with Crippen LogP contribution in [0.2, 0.25) is 0 Å². The quantitative estimate of drug-likeness (QED) is 0.605. The van der Waals surface area contributed by atoms with Crippen molar-refractivity contribution >= 4 is 11.9 Å². The molecule has 1 aliphatic carbocycles. The molecule has 0 aromatic carbocycles. The molecule has 1 aromatic rings. The molecule has 1 unspecified atom stereocenters. The molecule has 1 atom stereocenters. The molecule has 0 aliphatic heterocycles. The van der Waals surface area contributed by atoms with Gasteiger partial charge in [-0.2, -0.15) is 0 Å². The lowest BCUT2D eigenvalue weighted by Crippen LogP contribution is -2.29. The van der Waals surface area contributed by atoms with E-state index < -0.39 is 0 Å². The number of nitrogens with zero attached hydrogens (tertiary/aromatic N) is 2. The molecular formula is C10H17N5O2. The molecule has 0 bridgehead atoms. The van der Waals surface area contributed by atoms with Gasteiger partial charge in [-0.05, 0) is 19.8 Å². The molecule has 7 heteroatoms. The number of carbonyl (C=O) groups excluding carboxylic acids is 1. The van der Waals surface area contributed by atoms with E-state index in [-0.39, 0.29) is 17.9 Å². The van der Waals surface area contributed by atoms with Gasteiger partial charge in [0.25, 0.3) is 0 Å². The highest BCUT2D eigenvalue weighted by molar-refractivity contribution is 5.80. The van der Waals surface area contributed by atoms with Gasteiger partial charge in [-0.15, -0.1) is 5.10 Å². The van der Waals surface area contributed by atoms with Crippen molar-refractivity contribution in [1.82, 2.24) is 15.5 Å². The predicted octanol–water partition coefficient (Wildman–Crippen LogP) is 0.0274. The average molecular weight is 239 g/mol. The number of rotatable bonds is 6. The zero-order valence-electron chi connectivity index (χ0n) is 9.77. The Morgan fingerprint density at radius 3 is 2.88 bits per heavy atom. The Kier molecular flexibility index (Phi) is 3.58. The third kappa shape index (κ3) is 3.42. The fraction of sp³-hybridized carbons (Fsp3) is 0.700. The smallest absolute Gasteiger partial charge is 0.315 e. The number of carbonyl (C=O) groups is 1. The van der Waals surface area contributed by atoms with Crippen molar-refractivity contribution in [3.05, 3.63) is 5.89 Å². The fourth-order valence-electron chi connectivity index (χ4n) is 1.34. The monoisotopic (exact) mass is 239 g/mol. The van der Waals surface area contributed by atoms with E-state index in [1.54, 1.807) is 6.92 Å².